The first-order valence-electron chi connectivity index (χ1n) is 7.14. The summed E-state index contributed by atoms with van der Waals surface area (Å²) in [5.41, 5.74) is -0.999. The Labute approximate surface area is 135 Å². The van der Waals surface area contributed by atoms with Crippen LogP contribution < -0.4 is 0 Å². The number of carbonyl (C=O) groups is 2. The van der Waals surface area contributed by atoms with Gasteiger partial charge in [0.15, 0.2) is 5.60 Å². The fourth-order valence-corrected chi connectivity index (χ4v) is 3.11. The van der Waals surface area contributed by atoms with Crippen LogP contribution in [-0.4, -0.2) is 24.1 Å². The van der Waals surface area contributed by atoms with Crippen LogP contribution in [0.5, 0.6) is 0 Å². The molecule has 0 spiro atoms. The maximum atomic E-state index is 12.5. The van der Waals surface area contributed by atoms with Crippen LogP contribution in [0, 0.1) is 36.0 Å². The highest BCUT2D eigenvalue weighted by molar-refractivity contribution is 6.29. The summed E-state index contributed by atoms with van der Waals surface area (Å²) >= 11 is 5.61. The summed E-state index contributed by atoms with van der Waals surface area (Å²) in [7, 11) is 0. The Bertz CT molecular complexity index is 570. The van der Waals surface area contributed by atoms with Crippen molar-refractivity contribution in [2.45, 2.75) is 25.9 Å². The number of rotatable bonds is 5. The van der Waals surface area contributed by atoms with Crippen molar-refractivity contribution in [3.8, 4) is 12.3 Å². The van der Waals surface area contributed by atoms with Crippen molar-refractivity contribution in [1.29, 1.82) is 0 Å². The van der Waals surface area contributed by atoms with E-state index >= 15 is 0 Å². The van der Waals surface area contributed by atoms with Crippen LogP contribution in [0.4, 0.5) is 0 Å². The van der Waals surface area contributed by atoms with Gasteiger partial charge in [-0.15, -0.1) is 6.42 Å². The normalized spacial score (nSPS) is 29.0. The molecule has 0 amide bonds. The molecule has 5 heteroatoms. The summed E-state index contributed by atoms with van der Waals surface area (Å²) in [5, 5.41) is 0.236. The number of halogens is 1. The molecule has 0 aliphatic heterocycles. The van der Waals surface area contributed by atoms with Crippen molar-refractivity contribution in [1.82, 2.24) is 0 Å². The van der Waals surface area contributed by atoms with Crippen LogP contribution in [0.2, 0.25) is 0 Å². The van der Waals surface area contributed by atoms with Crippen molar-refractivity contribution in [3.63, 3.8) is 0 Å². The van der Waals surface area contributed by atoms with Gasteiger partial charge >= 0.3 is 11.9 Å². The molecule has 0 aromatic carbocycles. The first kappa shape index (κ1) is 16.6. The summed E-state index contributed by atoms with van der Waals surface area (Å²) in [6.45, 7) is 6.69. The van der Waals surface area contributed by atoms with Crippen molar-refractivity contribution in [2.24, 2.45) is 23.7 Å². The molecule has 0 aromatic heterocycles. The van der Waals surface area contributed by atoms with Crippen LogP contribution >= 0.6 is 11.6 Å². The van der Waals surface area contributed by atoms with E-state index in [0.29, 0.717) is 0 Å². The van der Waals surface area contributed by atoms with Crippen LogP contribution in [0.25, 0.3) is 0 Å². The van der Waals surface area contributed by atoms with Gasteiger partial charge in [-0.3, -0.25) is 9.59 Å². The van der Waals surface area contributed by atoms with E-state index in [1.54, 1.807) is 13.8 Å². The van der Waals surface area contributed by atoms with E-state index < -0.39 is 29.4 Å². The zero-order chi connectivity index (χ0) is 16.5. The SMILES string of the molecule is C#CC(C)(C)OC(=O)[C@H]1[C@H](C(=O)OCC(=C)Cl)[C@H]2C=C[C@H]1C2. The Balaban J connectivity index is 2.13. The van der Waals surface area contributed by atoms with Crippen LogP contribution in [0.3, 0.4) is 0 Å². The molecule has 118 valence electrons. The minimum Gasteiger partial charge on any atom is -0.460 e. The van der Waals surface area contributed by atoms with Gasteiger partial charge in [-0.1, -0.05) is 36.3 Å². The summed E-state index contributed by atoms with van der Waals surface area (Å²) < 4.78 is 10.5. The van der Waals surface area contributed by atoms with Gasteiger partial charge in [-0.05, 0) is 32.1 Å². The van der Waals surface area contributed by atoms with Crippen LogP contribution in [0.1, 0.15) is 20.3 Å². The second-order valence-electron chi connectivity index (χ2n) is 6.20. The number of fused-ring (bicyclic) bond motifs is 2. The lowest BCUT2D eigenvalue weighted by atomic mass is 9.83. The highest BCUT2D eigenvalue weighted by atomic mass is 35.5. The van der Waals surface area contributed by atoms with Gasteiger partial charge in [-0.25, -0.2) is 0 Å². The number of allylic oxidation sites excluding steroid dienone is 2. The third kappa shape index (κ3) is 3.36. The number of hydrogen-bond donors (Lipinski definition) is 0. The monoisotopic (exact) mass is 322 g/mol. The topological polar surface area (TPSA) is 52.6 Å². The van der Waals surface area contributed by atoms with Gasteiger partial charge in [0, 0.05) is 5.03 Å². The highest BCUT2D eigenvalue weighted by Gasteiger charge is 2.53. The van der Waals surface area contributed by atoms with E-state index in [9.17, 15) is 9.59 Å². The van der Waals surface area contributed by atoms with E-state index in [0.717, 1.165) is 6.42 Å². The highest BCUT2D eigenvalue weighted by Crippen LogP contribution is 2.49. The average Bonchev–Trinajstić information content (AvgIpc) is 3.04. The minimum atomic E-state index is -0.999. The number of ether oxygens (including phenoxy) is 2. The van der Waals surface area contributed by atoms with E-state index in [-0.39, 0.29) is 23.5 Å². The lowest BCUT2D eigenvalue weighted by molar-refractivity contribution is -0.166. The summed E-state index contributed by atoms with van der Waals surface area (Å²) in [5.74, 6) is 0.396. The van der Waals surface area contributed by atoms with Gasteiger partial charge in [-0.2, -0.15) is 0 Å². The van der Waals surface area contributed by atoms with Gasteiger partial charge in [0.05, 0.1) is 11.8 Å². The Hall–Kier alpha value is -1.73. The molecular weight excluding hydrogens is 304 g/mol. The largest absolute Gasteiger partial charge is 0.460 e. The fraction of sp³-hybridized carbons (Fsp3) is 0.529. The van der Waals surface area contributed by atoms with Gasteiger partial charge < -0.3 is 9.47 Å². The summed E-state index contributed by atoms with van der Waals surface area (Å²) in [6.07, 6.45) is 10.0. The first-order chi connectivity index (χ1) is 10.2. The fourth-order valence-electron chi connectivity index (χ4n) is 3.06. The second kappa shape index (κ2) is 6.18. The molecule has 4 nitrogen and oxygen atoms in total. The molecule has 0 unspecified atom stereocenters. The number of esters is 2. The molecular formula is C17H19ClO4. The smallest absolute Gasteiger partial charge is 0.311 e. The predicted molar refractivity (Wildman–Crippen MR) is 82.7 cm³/mol. The Kier molecular flexibility index (Phi) is 4.67. The molecule has 2 aliphatic carbocycles. The molecule has 1 saturated carbocycles. The molecule has 0 aromatic rings. The van der Waals surface area contributed by atoms with Crippen molar-refractivity contribution >= 4 is 23.5 Å². The molecule has 0 N–H and O–H groups in total. The van der Waals surface area contributed by atoms with Gasteiger partial charge in [0.2, 0.25) is 0 Å². The number of hydrogen-bond acceptors (Lipinski definition) is 4. The minimum absolute atomic E-state index is 0.00686. The lowest BCUT2D eigenvalue weighted by Crippen LogP contribution is -2.39. The van der Waals surface area contributed by atoms with Crippen LogP contribution in [0.15, 0.2) is 23.8 Å². The van der Waals surface area contributed by atoms with Crippen molar-refractivity contribution in [2.75, 3.05) is 6.61 Å². The van der Waals surface area contributed by atoms with E-state index in [4.69, 9.17) is 27.5 Å². The molecule has 4 atom stereocenters. The molecule has 0 radical (unpaired) electrons. The van der Waals surface area contributed by atoms with Crippen molar-refractivity contribution in [3.05, 3.63) is 23.8 Å². The molecule has 2 rings (SSSR count). The average molecular weight is 323 g/mol. The second-order valence-corrected chi connectivity index (χ2v) is 6.74. The Morgan fingerprint density at radius 3 is 2.36 bits per heavy atom. The molecule has 22 heavy (non-hydrogen) atoms. The number of carbonyl (C=O) groups excluding carboxylic acids is 2. The predicted octanol–water partition coefficient (Wildman–Crippen LogP) is 2.68. The standard InChI is InChI=1S/C17H19ClO4/c1-5-17(3,4)22-16(20)14-12-7-6-11(8-12)13(14)15(19)21-9-10(2)18/h1,6-7,11-14H,2,8-9H2,3-4H3/t11-,12-,13+,14+/m0/s1. The molecule has 2 aliphatic rings. The Morgan fingerprint density at radius 2 is 1.86 bits per heavy atom. The van der Waals surface area contributed by atoms with E-state index in [1.165, 1.54) is 0 Å². The zero-order valence-corrected chi connectivity index (χ0v) is 13.4. The quantitative estimate of drug-likeness (QED) is 0.443. The maximum Gasteiger partial charge on any atom is 0.311 e. The summed E-state index contributed by atoms with van der Waals surface area (Å²) in [6, 6.07) is 0. The number of terminal acetylenes is 1. The van der Waals surface area contributed by atoms with Gasteiger partial charge in [0.25, 0.3) is 0 Å². The van der Waals surface area contributed by atoms with Crippen LogP contribution in [-0.2, 0) is 19.1 Å². The van der Waals surface area contributed by atoms with Gasteiger partial charge in [0.1, 0.15) is 6.61 Å². The molecule has 1 fully saturated rings. The molecule has 2 bridgehead atoms. The lowest BCUT2D eigenvalue weighted by Gasteiger charge is -2.28. The Morgan fingerprint density at radius 1 is 1.32 bits per heavy atom. The summed E-state index contributed by atoms with van der Waals surface area (Å²) in [4.78, 5) is 24.7. The van der Waals surface area contributed by atoms with E-state index in [1.807, 2.05) is 12.2 Å². The van der Waals surface area contributed by atoms with Crippen molar-refractivity contribution < 1.29 is 19.1 Å². The third-order valence-corrected chi connectivity index (χ3v) is 4.19. The third-order valence-electron chi connectivity index (χ3n) is 4.08. The molecule has 0 heterocycles. The maximum absolute atomic E-state index is 12.5. The zero-order valence-electron chi connectivity index (χ0n) is 12.7. The van der Waals surface area contributed by atoms with E-state index in [2.05, 4.69) is 12.5 Å². The molecule has 0 saturated heterocycles. The first-order valence-corrected chi connectivity index (χ1v) is 7.52.